The van der Waals surface area contributed by atoms with Crippen molar-refractivity contribution < 1.29 is 14.3 Å². The van der Waals surface area contributed by atoms with Crippen molar-refractivity contribution in [1.29, 1.82) is 0 Å². The van der Waals surface area contributed by atoms with Crippen molar-refractivity contribution in [3.63, 3.8) is 0 Å². The van der Waals surface area contributed by atoms with E-state index in [1.54, 1.807) is 32.0 Å². The molecule has 0 saturated heterocycles. The normalized spacial score (nSPS) is 19.7. The molecule has 0 spiro atoms. The Morgan fingerprint density at radius 1 is 1.12 bits per heavy atom. The fourth-order valence-corrected chi connectivity index (χ4v) is 3.42. The maximum atomic E-state index is 12.7. The molecule has 0 aromatic heterocycles. The van der Waals surface area contributed by atoms with Gasteiger partial charge in [0.15, 0.2) is 0 Å². The van der Waals surface area contributed by atoms with Crippen LogP contribution in [0.15, 0.2) is 39.0 Å². The van der Waals surface area contributed by atoms with Crippen LogP contribution in [0.3, 0.4) is 0 Å². The minimum absolute atomic E-state index is 0.232. The summed E-state index contributed by atoms with van der Waals surface area (Å²) in [6.07, 6.45) is 2.77. The number of amides is 2. The topological polar surface area (TPSA) is 76.0 Å². The van der Waals surface area contributed by atoms with E-state index in [0.29, 0.717) is 39.9 Å². The Hall–Kier alpha value is -2.02. The molecule has 0 saturated carbocycles. The van der Waals surface area contributed by atoms with Crippen molar-refractivity contribution in [2.75, 3.05) is 4.90 Å². The van der Waals surface area contributed by atoms with Gasteiger partial charge in [-0.25, -0.2) is 4.90 Å². The maximum absolute atomic E-state index is 12.7. The van der Waals surface area contributed by atoms with E-state index in [2.05, 4.69) is 21.1 Å². The van der Waals surface area contributed by atoms with E-state index in [9.17, 15) is 14.5 Å². The van der Waals surface area contributed by atoms with Crippen molar-refractivity contribution in [3.8, 4) is 5.75 Å². The lowest BCUT2D eigenvalue weighted by atomic mass is 9.93. The quantitative estimate of drug-likeness (QED) is 0.544. The number of hydrogen-bond donors (Lipinski definition) is 0. The van der Waals surface area contributed by atoms with E-state index in [4.69, 9.17) is 4.74 Å². The van der Waals surface area contributed by atoms with Crippen molar-refractivity contribution in [2.45, 2.75) is 51.7 Å². The molecular weight excluding hydrogens is 388 g/mol. The summed E-state index contributed by atoms with van der Waals surface area (Å²) >= 11 is 3.40. The highest BCUT2D eigenvalue weighted by Crippen LogP contribution is 2.38. The maximum Gasteiger partial charge on any atom is 0.261 e. The number of nitrogens with zero attached hydrogens (tertiary/aromatic N) is 2. The number of anilines is 1. The van der Waals surface area contributed by atoms with Crippen LogP contribution in [0.4, 0.5) is 5.69 Å². The summed E-state index contributed by atoms with van der Waals surface area (Å²) in [5, 5.41) is 2.97. The van der Waals surface area contributed by atoms with Gasteiger partial charge in [-0.1, -0.05) is 5.18 Å². The van der Waals surface area contributed by atoms with Crippen molar-refractivity contribution in [3.05, 3.63) is 38.7 Å². The molecule has 0 radical (unpaired) electrons. The lowest BCUT2D eigenvalue weighted by Crippen LogP contribution is -2.31. The Kier molecular flexibility index (Phi) is 5.03. The third-order valence-corrected chi connectivity index (χ3v) is 5.38. The van der Waals surface area contributed by atoms with E-state index in [0.717, 1.165) is 12.8 Å². The lowest BCUT2D eigenvalue weighted by molar-refractivity contribution is -0.120. The second-order valence-corrected chi connectivity index (χ2v) is 7.25. The lowest BCUT2D eigenvalue weighted by Gasteiger charge is -2.20. The van der Waals surface area contributed by atoms with Crippen LogP contribution in [0.5, 0.6) is 5.75 Å². The zero-order chi connectivity index (χ0) is 18.1. The molecule has 0 bridgehead atoms. The predicted octanol–water partition coefficient (Wildman–Crippen LogP) is 4.12. The van der Waals surface area contributed by atoms with Gasteiger partial charge in [-0.05, 0) is 67.6 Å². The first-order chi connectivity index (χ1) is 11.9. The van der Waals surface area contributed by atoms with Crippen molar-refractivity contribution in [2.24, 2.45) is 5.18 Å². The number of nitroso groups, excluding NO2 is 1. The molecule has 1 aromatic rings. The highest BCUT2D eigenvalue weighted by molar-refractivity contribution is 9.10. The van der Waals surface area contributed by atoms with Gasteiger partial charge in [-0.3, -0.25) is 9.59 Å². The van der Waals surface area contributed by atoms with Gasteiger partial charge < -0.3 is 4.74 Å². The van der Waals surface area contributed by atoms with Crippen LogP contribution in [-0.2, 0) is 9.59 Å². The van der Waals surface area contributed by atoms with Gasteiger partial charge in [0.2, 0.25) is 0 Å². The molecule has 2 unspecified atom stereocenters. The summed E-state index contributed by atoms with van der Waals surface area (Å²) in [4.78, 5) is 37.2. The largest absolute Gasteiger partial charge is 0.487 e. The smallest absolute Gasteiger partial charge is 0.261 e. The van der Waals surface area contributed by atoms with E-state index >= 15 is 0 Å². The highest BCUT2D eigenvalue weighted by atomic mass is 79.9. The average Bonchev–Trinajstić information content (AvgIpc) is 2.87. The van der Waals surface area contributed by atoms with Crippen LogP contribution < -0.4 is 9.64 Å². The number of carbonyl (C=O) groups is 2. The first-order valence-electron chi connectivity index (χ1n) is 8.33. The Morgan fingerprint density at radius 2 is 1.72 bits per heavy atom. The molecule has 1 heterocycles. The first-order valence-corrected chi connectivity index (χ1v) is 9.12. The molecule has 7 heteroatoms. The number of imide groups is 1. The van der Waals surface area contributed by atoms with Gasteiger partial charge >= 0.3 is 0 Å². The number of ether oxygens (including phenoxy) is 1. The molecule has 132 valence electrons. The summed E-state index contributed by atoms with van der Waals surface area (Å²) in [6, 6.07) is 4.57. The Morgan fingerprint density at radius 3 is 2.28 bits per heavy atom. The molecule has 3 rings (SSSR count). The van der Waals surface area contributed by atoms with Crippen molar-refractivity contribution in [1.82, 2.24) is 0 Å². The van der Waals surface area contributed by atoms with Crippen LogP contribution in [0, 0.1) is 4.91 Å². The van der Waals surface area contributed by atoms with Gasteiger partial charge in [0.25, 0.3) is 11.8 Å². The van der Waals surface area contributed by atoms with Crippen LogP contribution in [0.1, 0.15) is 39.5 Å². The standard InChI is InChI=1S/C18H19BrN2O4/c1-10(20-24)11(2)25-16-9-12(7-8-15(16)19)21-17(22)13-5-3-4-6-14(13)18(21)23/h7-11H,3-6H2,1-2H3. The fraction of sp³-hybridized carbons (Fsp3) is 0.444. The molecule has 2 atom stereocenters. The van der Waals surface area contributed by atoms with Gasteiger partial charge in [0.05, 0.1) is 10.2 Å². The molecule has 1 aromatic carbocycles. The number of carbonyl (C=O) groups excluding carboxylic acids is 2. The molecule has 1 aliphatic heterocycles. The second-order valence-electron chi connectivity index (χ2n) is 6.39. The number of rotatable bonds is 5. The highest BCUT2D eigenvalue weighted by Gasteiger charge is 2.39. The molecule has 25 heavy (non-hydrogen) atoms. The van der Waals surface area contributed by atoms with Crippen LogP contribution in [0.25, 0.3) is 0 Å². The number of halogens is 1. The molecule has 1 aliphatic carbocycles. The monoisotopic (exact) mass is 406 g/mol. The molecular formula is C18H19BrN2O4. The summed E-state index contributed by atoms with van der Waals surface area (Å²) in [6.45, 7) is 3.42. The molecule has 2 amide bonds. The van der Waals surface area contributed by atoms with E-state index in [1.165, 1.54) is 4.90 Å². The van der Waals surface area contributed by atoms with Gasteiger partial charge in [-0.2, -0.15) is 4.91 Å². The Labute approximate surface area is 154 Å². The molecule has 2 aliphatic rings. The second kappa shape index (κ2) is 7.07. The van der Waals surface area contributed by atoms with Crippen molar-refractivity contribution >= 4 is 33.4 Å². The summed E-state index contributed by atoms with van der Waals surface area (Å²) < 4.78 is 6.46. The summed E-state index contributed by atoms with van der Waals surface area (Å²) in [5.74, 6) is -0.00105. The predicted molar refractivity (Wildman–Crippen MR) is 97.5 cm³/mol. The van der Waals surface area contributed by atoms with Crippen LogP contribution >= 0.6 is 15.9 Å². The minimum atomic E-state index is -0.514. The molecule has 6 nitrogen and oxygen atoms in total. The van der Waals surface area contributed by atoms with E-state index < -0.39 is 12.1 Å². The summed E-state index contributed by atoms with van der Waals surface area (Å²) in [5.41, 5.74) is 1.77. The van der Waals surface area contributed by atoms with Gasteiger partial charge in [0.1, 0.15) is 17.9 Å². The third-order valence-electron chi connectivity index (χ3n) is 4.72. The van der Waals surface area contributed by atoms with Crippen LogP contribution in [0.2, 0.25) is 0 Å². The first kappa shape index (κ1) is 17.8. The zero-order valence-corrected chi connectivity index (χ0v) is 15.7. The Bertz CT molecular complexity index is 746. The van der Waals surface area contributed by atoms with Crippen LogP contribution in [-0.4, -0.2) is 24.0 Å². The molecule has 0 fully saturated rings. The van der Waals surface area contributed by atoms with E-state index in [1.807, 2.05) is 0 Å². The van der Waals surface area contributed by atoms with Gasteiger partial charge in [0, 0.05) is 17.2 Å². The Balaban J connectivity index is 1.89. The third kappa shape index (κ3) is 3.25. The zero-order valence-electron chi connectivity index (χ0n) is 14.1. The fourth-order valence-electron chi connectivity index (χ4n) is 3.08. The number of hydrogen-bond acceptors (Lipinski definition) is 5. The van der Waals surface area contributed by atoms with E-state index in [-0.39, 0.29) is 11.8 Å². The SMILES string of the molecule is CC(N=O)C(C)Oc1cc(N2C(=O)C3=C(CCCC3)C2=O)ccc1Br. The minimum Gasteiger partial charge on any atom is -0.487 e. The molecule has 0 N–H and O–H groups in total. The average molecular weight is 407 g/mol. The number of benzene rings is 1. The van der Waals surface area contributed by atoms with Gasteiger partial charge in [-0.15, -0.1) is 0 Å². The summed E-state index contributed by atoms with van der Waals surface area (Å²) in [7, 11) is 0.